The molecule has 1 heterocycles. The second-order valence-electron chi connectivity index (χ2n) is 4.70. The van der Waals surface area contributed by atoms with Gasteiger partial charge in [0, 0.05) is 24.9 Å². The molecule has 1 atom stereocenters. The Morgan fingerprint density at radius 2 is 2.10 bits per heavy atom. The number of benzene rings is 1. The lowest BCUT2D eigenvalue weighted by atomic mass is 10.1. The minimum Gasteiger partial charge on any atom is -0.494 e. The molecule has 1 fully saturated rings. The van der Waals surface area contributed by atoms with Gasteiger partial charge < -0.3 is 14.4 Å². The Labute approximate surface area is 120 Å². The number of hydrogen-bond donors (Lipinski definition) is 0. The number of rotatable bonds is 6. The molecule has 4 heteroatoms. The van der Waals surface area contributed by atoms with E-state index in [0.29, 0.717) is 31.9 Å². The van der Waals surface area contributed by atoms with E-state index < -0.39 is 0 Å². The van der Waals surface area contributed by atoms with E-state index in [4.69, 9.17) is 9.47 Å². The van der Waals surface area contributed by atoms with Crippen molar-refractivity contribution in [3.63, 3.8) is 0 Å². The van der Waals surface area contributed by atoms with E-state index >= 15 is 0 Å². The minimum atomic E-state index is 0.101. The molecule has 108 valence electrons. The molecule has 0 N–H and O–H groups in total. The zero-order chi connectivity index (χ0) is 14.5. The Morgan fingerprint density at radius 3 is 2.70 bits per heavy atom. The standard InChI is InChI=1S/C16H21NO3/c1-4-12-9-16(18)17(11-12)14-10-13(19-5-2)7-8-15(14)20-6-3/h4,7-8,10,12H,1,5-6,9,11H2,2-3H3. The van der Waals surface area contributed by atoms with Crippen LogP contribution in [0.25, 0.3) is 0 Å². The van der Waals surface area contributed by atoms with Crippen LogP contribution >= 0.6 is 0 Å². The Bertz CT molecular complexity index is 498. The largest absolute Gasteiger partial charge is 0.494 e. The van der Waals surface area contributed by atoms with Gasteiger partial charge >= 0.3 is 0 Å². The summed E-state index contributed by atoms with van der Waals surface area (Å²) in [6.45, 7) is 9.45. The van der Waals surface area contributed by atoms with Crippen molar-refractivity contribution in [2.75, 3.05) is 24.7 Å². The third kappa shape index (κ3) is 2.95. The molecule has 1 saturated heterocycles. The van der Waals surface area contributed by atoms with Crippen LogP contribution in [0.2, 0.25) is 0 Å². The molecule has 0 aliphatic carbocycles. The first-order valence-corrected chi connectivity index (χ1v) is 7.02. The van der Waals surface area contributed by atoms with Crippen molar-refractivity contribution in [1.29, 1.82) is 0 Å². The molecule has 1 aliphatic heterocycles. The van der Waals surface area contributed by atoms with E-state index in [2.05, 4.69) is 6.58 Å². The number of ether oxygens (including phenoxy) is 2. The summed E-state index contributed by atoms with van der Waals surface area (Å²) in [6.07, 6.45) is 2.35. The van der Waals surface area contributed by atoms with Crippen molar-refractivity contribution in [1.82, 2.24) is 0 Å². The monoisotopic (exact) mass is 275 g/mol. The van der Waals surface area contributed by atoms with Gasteiger partial charge in [0.2, 0.25) is 5.91 Å². The Morgan fingerprint density at radius 1 is 1.35 bits per heavy atom. The van der Waals surface area contributed by atoms with Crippen LogP contribution in [0, 0.1) is 5.92 Å². The average Bonchev–Trinajstić information content (AvgIpc) is 2.82. The highest BCUT2D eigenvalue weighted by Crippen LogP contribution is 2.36. The maximum Gasteiger partial charge on any atom is 0.227 e. The maximum atomic E-state index is 12.2. The fourth-order valence-electron chi connectivity index (χ4n) is 2.37. The first-order valence-electron chi connectivity index (χ1n) is 7.02. The smallest absolute Gasteiger partial charge is 0.227 e. The van der Waals surface area contributed by atoms with Crippen LogP contribution in [0.1, 0.15) is 20.3 Å². The molecule has 1 aromatic rings. The zero-order valence-electron chi connectivity index (χ0n) is 12.1. The van der Waals surface area contributed by atoms with E-state index in [1.807, 2.05) is 38.1 Å². The van der Waals surface area contributed by atoms with E-state index in [1.54, 1.807) is 4.90 Å². The Balaban J connectivity index is 2.33. The van der Waals surface area contributed by atoms with E-state index in [1.165, 1.54) is 0 Å². The van der Waals surface area contributed by atoms with Crippen molar-refractivity contribution in [2.24, 2.45) is 5.92 Å². The molecule has 1 unspecified atom stereocenters. The molecule has 1 aliphatic rings. The van der Waals surface area contributed by atoms with Gasteiger partial charge in [-0.05, 0) is 26.0 Å². The van der Waals surface area contributed by atoms with Crippen molar-refractivity contribution in [3.05, 3.63) is 30.9 Å². The normalized spacial score (nSPS) is 18.2. The van der Waals surface area contributed by atoms with E-state index in [-0.39, 0.29) is 11.8 Å². The minimum absolute atomic E-state index is 0.101. The summed E-state index contributed by atoms with van der Waals surface area (Å²) < 4.78 is 11.1. The predicted molar refractivity (Wildman–Crippen MR) is 79.4 cm³/mol. The van der Waals surface area contributed by atoms with E-state index in [9.17, 15) is 4.79 Å². The van der Waals surface area contributed by atoms with Crippen LogP contribution in [0.3, 0.4) is 0 Å². The lowest BCUT2D eigenvalue weighted by Gasteiger charge is -2.21. The summed E-state index contributed by atoms with van der Waals surface area (Å²) >= 11 is 0. The van der Waals surface area contributed by atoms with Crippen LogP contribution in [0.5, 0.6) is 11.5 Å². The number of carbonyl (C=O) groups excluding carboxylic acids is 1. The van der Waals surface area contributed by atoms with Crippen LogP contribution in [0.15, 0.2) is 30.9 Å². The SMILES string of the molecule is C=CC1CC(=O)N(c2cc(OCC)ccc2OCC)C1. The number of nitrogens with zero attached hydrogens (tertiary/aromatic N) is 1. The maximum absolute atomic E-state index is 12.2. The van der Waals surface area contributed by atoms with Crippen molar-refractivity contribution in [2.45, 2.75) is 20.3 Å². The van der Waals surface area contributed by atoms with Crippen LogP contribution in [-0.4, -0.2) is 25.7 Å². The van der Waals surface area contributed by atoms with Gasteiger partial charge in [-0.25, -0.2) is 0 Å². The summed E-state index contributed by atoms with van der Waals surface area (Å²) in [5, 5.41) is 0. The molecule has 1 aromatic carbocycles. The molecule has 2 rings (SSSR count). The highest BCUT2D eigenvalue weighted by atomic mass is 16.5. The molecular formula is C16H21NO3. The molecule has 0 radical (unpaired) electrons. The summed E-state index contributed by atoms with van der Waals surface area (Å²) in [5.74, 6) is 1.77. The highest BCUT2D eigenvalue weighted by molar-refractivity contribution is 5.97. The summed E-state index contributed by atoms with van der Waals surface area (Å²) in [6, 6.07) is 5.60. The molecule has 0 aromatic heterocycles. The second-order valence-corrected chi connectivity index (χ2v) is 4.70. The van der Waals surface area contributed by atoms with Gasteiger partial charge in [-0.2, -0.15) is 0 Å². The molecule has 20 heavy (non-hydrogen) atoms. The second kappa shape index (κ2) is 6.46. The zero-order valence-corrected chi connectivity index (χ0v) is 12.1. The van der Waals surface area contributed by atoms with Gasteiger partial charge in [0.15, 0.2) is 0 Å². The Kier molecular flexibility index (Phi) is 4.66. The van der Waals surface area contributed by atoms with Gasteiger partial charge in [-0.3, -0.25) is 4.79 Å². The molecule has 0 saturated carbocycles. The fraction of sp³-hybridized carbons (Fsp3) is 0.438. The van der Waals surface area contributed by atoms with Gasteiger partial charge in [-0.15, -0.1) is 6.58 Å². The molecule has 1 amide bonds. The fourth-order valence-corrected chi connectivity index (χ4v) is 2.37. The van der Waals surface area contributed by atoms with Gasteiger partial charge in [0.05, 0.1) is 18.9 Å². The van der Waals surface area contributed by atoms with Crippen LogP contribution in [0.4, 0.5) is 5.69 Å². The number of amides is 1. The Hall–Kier alpha value is -1.97. The van der Waals surface area contributed by atoms with Gasteiger partial charge in [-0.1, -0.05) is 6.08 Å². The lowest BCUT2D eigenvalue weighted by molar-refractivity contribution is -0.117. The molecule has 0 spiro atoms. The summed E-state index contributed by atoms with van der Waals surface area (Å²) in [7, 11) is 0. The number of hydrogen-bond acceptors (Lipinski definition) is 3. The van der Waals surface area contributed by atoms with E-state index in [0.717, 1.165) is 11.4 Å². The molecule has 0 bridgehead atoms. The topological polar surface area (TPSA) is 38.8 Å². The quantitative estimate of drug-likeness (QED) is 0.749. The third-order valence-electron chi connectivity index (χ3n) is 3.32. The summed E-state index contributed by atoms with van der Waals surface area (Å²) in [5.41, 5.74) is 0.784. The van der Waals surface area contributed by atoms with Crippen molar-refractivity contribution >= 4 is 11.6 Å². The van der Waals surface area contributed by atoms with Crippen molar-refractivity contribution in [3.8, 4) is 11.5 Å². The van der Waals surface area contributed by atoms with Crippen LogP contribution < -0.4 is 14.4 Å². The van der Waals surface area contributed by atoms with Gasteiger partial charge in [0.1, 0.15) is 11.5 Å². The lowest BCUT2D eigenvalue weighted by Crippen LogP contribution is -2.25. The first kappa shape index (κ1) is 14.4. The molecular weight excluding hydrogens is 254 g/mol. The van der Waals surface area contributed by atoms with Crippen molar-refractivity contribution < 1.29 is 14.3 Å². The predicted octanol–water partition coefficient (Wildman–Crippen LogP) is 3.02. The number of carbonyl (C=O) groups is 1. The first-order chi connectivity index (χ1) is 9.69. The van der Waals surface area contributed by atoms with Crippen LogP contribution in [-0.2, 0) is 4.79 Å². The number of anilines is 1. The van der Waals surface area contributed by atoms with Gasteiger partial charge in [0.25, 0.3) is 0 Å². The highest BCUT2D eigenvalue weighted by Gasteiger charge is 2.30. The summed E-state index contributed by atoms with van der Waals surface area (Å²) in [4.78, 5) is 13.9. The molecule has 4 nitrogen and oxygen atoms in total. The third-order valence-corrected chi connectivity index (χ3v) is 3.32. The average molecular weight is 275 g/mol.